The van der Waals surface area contributed by atoms with Crippen LogP contribution in [-0.2, 0) is 10.0 Å². The Bertz CT molecular complexity index is 577. The molecule has 1 fully saturated rings. The van der Waals surface area contributed by atoms with Crippen molar-refractivity contribution in [1.29, 1.82) is 0 Å². The average Bonchev–Trinajstić information content (AvgIpc) is 2.69. The zero-order chi connectivity index (χ0) is 15.5. The molecule has 0 heterocycles. The summed E-state index contributed by atoms with van der Waals surface area (Å²) >= 11 is 0. The number of anilines is 2. The van der Waals surface area contributed by atoms with Gasteiger partial charge in [-0.3, -0.25) is 0 Å². The maximum absolute atomic E-state index is 12.3. The molecule has 0 amide bonds. The minimum atomic E-state index is -3.51. The normalized spacial score (nSPS) is 17.7. The molecule has 1 aliphatic carbocycles. The van der Waals surface area contributed by atoms with Crippen molar-refractivity contribution in [3.8, 4) is 0 Å². The lowest BCUT2D eigenvalue weighted by molar-refractivity contribution is 0.521. The fraction of sp³-hybridized carbons (Fsp3) is 0.600. The number of nitrogens with one attached hydrogen (secondary N) is 1. The number of nitrogen functional groups attached to an aromatic ring is 1. The second-order valence-electron chi connectivity index (χ2n) is 5.84. The van der Waals surface area contributed by atoms with E-state index in [1.807, 2.05) is 6.07 Å². The molecule has 0 saturated heterocycles. The molecule has 0 aromatic heterocycles. The molecule has 0 unspecified atom stereocenters. The van der Waals surface area contributed by atoms with Gasteiger partial charge in [-0.05, 0) is 25.0 Å². The first-order valence-corrected chi connectivity index (χ1v) is 8.94. The fourth-order valence-electron chi connectivity index (χ4n) is 2.74. The summed E-state index contributed by atoms with van der Waals surface area (Å²) in [6, 6.07) is 5.54. The maximum Gasteiger partial charge on any atom is 0.244 e. The minimum Gasteiger partial charge on any atom is -0.396 e. The average molecular weight is 311 g/mol. The first-order valence-electron chi connectivity index (χ1n) is 7.50. The quantitative estimate of drug-likeness (QED) is 0.662. The summed E-state index contributed by atoms with van der Waals surface area (Å²) in [6.45, 7) is 0. The molecule has 3 N–H and O–H groups in total. The lowest BCUT2D eigenvalue weighted by atomic mass is 10.1. The second-order valence-corrected chi connectivity index (χ2v) is 7.96. The van der Waals surface area contributed by atoms with Crippen LogP contribution in [0.3, 0.4) is 0 Å². The van der Waals surface area contributed by atoms with Crippen molar-refractivity contribution >= 4 is 21.4 Å². The number of rotatable bonds is 4. The molecule has 0 atom stereocenters. The van der Waals surface area contributed by atoms with E-state index < -0.39 is 10.0 Å². The molecule has 0 bridgehead atoms. The third kappa shape index (κ3) is 3.68. The molecule has 1 aromatic carbocycles. The lowest BCUT2D eigenvalue weighted by Crippen LogP contribution is -2.24. The van der Waals surface area contributed by atoms with Gasteiger partial charge in [0.25, 0.3) is 0 Å². The lowest BCUT2D eigenvalue weighted by Gasteiger charge is -2.21. The molecule has 5 nitrogen and oxygen atoms in total. The molecule has 0 spiro atoms. The monoisotopic (exact) mass is 311 g/mol. The molecule has 1 saturated carbocycles. The molecule has 0 radical (unpaired) electrons. The molecule has 6 heteroatoms. The maximum atomic E-state index is 12.3. The highest BCUT2D eigenvalue weighted by Crippen LogP contribution is 2.30. The minimum absolute atomic E-state index is 0.172. The van der Waals surface area contributed by atoms with Crippen LogP contribution in [0.25, 0.3) is 0 Å². The predicted octanol–water partition coefficient (Wildman–Crippen LogP) is 2.65. The first-order chi connectivity index (χ1) is 9.93. The van der Waals surface area contributed by atoms with Crippen LogP contribution in [0.4, 0.5) is 11.4 Å². The Morgan fingerprint density at radius 1 is 1.14 bits per heavy atom. The predicted molar refractivity (Wildman–Crippen MR) is 86.8 cm³/mol. The number of hydrogen-bond donors (Lipinski definition) is 2. The summed E-state index contributed by atoms with van der Waals surface area (Å²) in [5.41, 5.74) is 7.14. The van der Waals surface area contributed by atoms with E-state index in [2.05, 4.69) is 5.32 Å². The van der Waals surface area contributed by atoms with Gasteiger partial charge in [-0.1, -0.05) is 31.7 Å². The van der Waals surface area contributed by atoms with Crippen molar-refractivity contribution < 1.29 is 8.42 Å². The largest absolute Gasteiger partial charge is 0.396 e. The van der Waals surface area contributed by atoms with Crippen LogP contribution in [0, 0.1) is 0 Å². The molecule has 1 aliphatic rings. The van der Waals surface area contributed by atoms with Crippen molar-refractivity contribution in [2.75, 3.05) is 25.1 Å². The summed E-state index contributed by atoms with van der Waals surface area (Å²) in [4.78, 5) is 0.172. The third-order valence-electron chi connectivity index (χ3n) is 4.04. The third-order valence-corrected chi connectivity index (χ3v) is 5.91. The Morgan fingerprint density at radius 2 is 1.76 bits per heavy atom. The summed E-state index contributed by atoms with van der Waals surface area (Å²) in [5.74, 6) is 0. The van der Waals surface area contributed by atoms with E-state index in [4.69, 9.17) is 5.73 Å². The Labute approximate surface area is 127 Å². The highest BCUT2D eigenvalue weighted by Gasteiger charge is 2.22. The zero-order valence-corrected chi connectivity index (χ0v) is 13.6. The van der Waals surface area contributed by atoms with Gasteiger partial charge in [-0.15, -0.1) is 0 Å². The van der Waals surface area contributed by atoms with Crippen molar-refractivity contribution in [2.24, 2.45) is 0 Å². The van der Waals surface area contributed by atoms with E-state index in [0.717, 1.165) is 18.5 Å². The zero-order valence-electron chi connectivity index (χ0n) is 12.8. The molecule has 1 aromatic rings. The van der Waals surface area contributed by atoms with Gasteiger partial charge >= 0.3 is 0 Å². The van der Waals surface area contributed by atoms with Crippen molar-refractivity contribution in [3.05, 3.63) is 18.2 Å². The summed E-state index contributed by atoms with van der Waals surface area (Å²) in [7, 11) is -0.482. The molecular formula is C15H25N3O2S. The van der Waals surface area contributed by atoms with Crippen molar-refractivity contribution in [3.63, 3.8) is 0 Å². The number of hydrogen-bond acceptors (Lipinski definition) is 4. The van der Waals surface area contributed by atoms with Crippen molar-refractivity contribution in [1.82, 2.24) is 4.31 Å². The fourth-order valence-corrected chi connectivity index (χ4v) is 3.77. The smallest absolute Gasteiger partial charge is 0.244 e. The summed E-state index contributed by atoms with van der Waals surface area (Å²) in [6.07, 6.45) is 7.22. The van der Waals surface area contributed by atoms with E-state index in [9.17, 15) is 8.42 Å². The Morgan fingerprint density at radius 3 is 2.33 bits per heavy atom. The van der Waals surface area contributed by atoms with E-state index in [0.29, 0.717) is 11.7 Å². The highest BCUT2D eigenvalue weighted by molar-refractivity contribution is 7.89. The number of benzene rings is 1. The van der Waals surface area contributed by atoms with Gasteiger partial charge < -0.3 is 11.1 Å². The molecule has 118 valence electrons. The van der Waals surface area contributed by atoms with E-state index in [-0.39, 0.29) is 4.90 Å². The Kier molecular flexibility index (Phi) is 5.11. The topological polar surface area (TPSA) is 75.4 Å². The van der Waals surface area contributed by atoms with Gasteiger partial charge in [0.05, 0.1) is 11.4 Å². The number of nitrogens with two attached hydrogens (primary N) is 1. The summed E-state index contributed by atoms with van der Waals surface area (Å²) in [5, 5.41) is 3.43. The Hall–Kier alpha value is -1.27. The van der Waals surface area contributed by atoms with Gasteiger partial charge in [0.2, 0.25) is 10.0 Å². The number of para-hydroxylation sites is 1. The molecular weight excluding hydrogens is 286 g/mol. The highest BCUT2D eigenvalue weighted by atomic mass is 32.2. The van der Waals surface area contributed by atoms with E-state index in [1.54, 1.807) is 12.1 Å². The number of nitrogens with zero attached hydrogens (tertiary/aromatic N) is 1. The van der Waals surface area contributed by atoms with Crippen LogP contribution in [0.1, 0.15) is 38.5 Å². The van der Waals surface area contributed by atoms with Gasteiger partial charge in [-0.25, -0.2) is 12.7 Å². The summed E-state index contributed by atoms with van der Waals surface area (Å²) < 4.78 is 25.7. The van der Waals surface area contributed by atoms with Crippen LogP contribution in [0.2, 0.25) is 0 Å². The SMILES string of the molecule is CN(C)S(=O)(=O)c1cccc(NC2CCCCCC2)c1N. The van der Waals surface area contributed by atoms with Gasteiger partial charge in [0.15, 0.2) is 0 Å². The number of sulfonamides is 1. The van der Waals surface area contributed by atoms with Crippen LogP contribution in [-0.4, -0.2) is 32.9 Å². The van der Waals surface area contributed by atoms with E-state index in [1.165, 1.54) is 44.1 Å². The van der Waals surface area contributed by atoms with Gasteiger partial charge in [0, 0.05) is 20.1 Å². The van der Waals surface area contributed by atoms with Gasteiger partial charge in [0.1, 0.15) is 4.90 Å². The van der Waals surface area contributed by atoms with E-state index >= 15 is 0 Å². The van der Waals surface area contributed by atoms with Crippen LogP contribution in [0.5, 0.6) is 0 Å². The standard InChI is InChI=1S/C15H25N3O2S/c1-18(2)21(19,20)14-11-7-10-13(15(14)16)17-12-8-5-3-4-6-9-12/h7,10-12,17H,3-6,8-9,16H2,1-2H3. The van der Waals surface area contributed by atoms with Crippen LogP contribution in [0.15, 0.2) is 23.1 Å². The molecule has 21 heavy (non-hydrogen) atoms. The molecule has 0 aliphatic heterocycles. The molecule has 2 rings (SSSR count). The second kappa shape index (κ2) is 6.66. The Balaban J connectivity index is 2.25. The van der Waals surface area contributed by atoms with Gasteiger partial charge in [-0.2, -0.15) is 0 Å². The van der Waals surface area contributed by atoms with Crippen molar-refractivity contribution in [2.45, 2.75) is 49.5 Å². The van der Waals surface area contributed by atoms with Crippen LogP contribution < -0.4 is 11.1 Å². The van der Waals surface area contributed by atoms with Crippen LogP contribution >= 0.6 is 0 Å². The first kappa shape index (κ1) is 16.1.